The molecule has 1 aliphatic heterocycles. The molecule has 0 aromatic carbocycles. The van der Waals surface area contributed by atoms with E-state index in [-0.39, 0.29) is 6.04 Å². The maximum atomic E-state index is 9.17. The van der Waals surface area contributed by atoms with E-state index < -0.39 is 0 Å². The van der Waals surface area contributed by atoms with Crippen molar-refractivity contribution in [1.29, 1.82) is 5.26 Å². The monoisotopic (exact) mass is 485 g/mol. The molecule has 0 spiro atoms. The summed E-state index contributed by atoms with van der Waals surface area (Å²) in [5.41, 5.74) is 11.3. The number of anilines is 2. The van der Waals surface area contributed by atoms with Gasteiger partial charge in [0.2, 0.25) is 5.13 Å². The highest BCUT2D eigenvalue weighted by molar-refractivity contribution is 7.18. The summed E-state index contributed by atoms with van der Waals surface area (Å²) in [6, 6.07) is 10.5. The number of nitrogens with zero attached hydrogens (tertiary/aromatic N) is 7. The van der Waals surface area contributed by atoms with E-state index in [4.69, 9.17) is 16.0 Å². The lowest BCUT2D eigenvalue weighted by molar-refractivity contribution is 0.356. The minimum absolute atomic E-state index is 0.232. The summed E-state index contributed by atoms with van der Waals surface area (Å²) < 4.78 is 1.81. The molecule has 0 unspecified atom stereocenters. The summed E-state index contributed by atoms with van der Waals surface area (Å²) in [6.07, 6.45) is 5.86. The Hall–Kier alpha value is -3.55. The van der Waals surface area contributed by atoms with E-state index in [1.807, 2.05) is 30.5 Å². The standard InChI is InChI=1S/C25H27N9S/c1-14(2)30-20-8-21(22-6-5-18-7-15(9-26)10-29-34(18)22)28-11-19(20)24-31-32-25(35-24)33-12-16-3-4-17(13-33)23(16)27/h5-8,10-11,14,16-17,23H,3-4,12-13,27H2,1-2H3,(H,28,30)/t16-,17+,23-. The highest BCUT2D eigenvalue weighted by Crippen LogP contribution is 2.40. The minimum atomic E-state index is 0.232. The summed E-state index contributed by atoms with van der Waals surface area (Å²) in [7, 11) is 0. The number of nitrogens with two attached hydrogens (primary N) is 1. The van der Waals surface area contributed by atoms with Crippen LogP contribution in [-0.4, -0.2) is 50.0 Å². The largest absolute Gasteiger partial charge is 0.382 e. The van der Waals surface area contributed by atoms with Crippen LogP contribution in [-0.2, 0) is 0 Å². The molecule has 2 fully saturated rings. The van der Waals surface area contributed by atoms with Crippen LogP contribution in [0.1, 0.15) is 32.3 Å². The van der Waals surface area contributed by atoms with E-state index in [2.05, 4.69) is 45.4 Å². The van der Waals surface area contributed by atoms with Gasteiger partial charge < -0.3 is 16.0 Å². The van der Waals surface area contributed by atoms with Crippen LogP contribution in [0.15, 0.2) is 36.7 Å². The zero-order chi connectivity index (χ0) is 24.1. The van der Waals surface area contributed by atoms with Gasteiger partial charge in [0.25, 0.3) is 0 Å². The molecule has 4 aromatic heterocycles. The van der Waals surface area contributed by atoms with Crippen LogP contribution in [0.3, 0.4) is 0 Å². The molecule has 2 bridgehead atoms. The van der Waals surface area contributed by atoms with Gasteiger partial charge in [-0.15, -0.1) is 10.2 Å². The average Bonchev–Trinajstić information content (AvgIpc) is 3.54. The first-order chi connectivity index (χ1) is 17.0. The molecule has 1 saturated heterocycles. The van der Waals surface area contributed by atoms with Gasteiger partial charge in [0, 0.05) is 37.1 Å². The average molecular weight is 486 g/mol. The van der Waals surface area contributed by atoms with E-state index in [0.717, 1.165) is 51.4 Å². The summed E-state index contributed by atoms with van der Waals surface area (Å²) in [5, 5.41) is 28.1. The Morgan fingerprint density at radius 3 is 2.69 bits per heavy atom. The molecular weight excluding hydrogens is 458 g/mol. The van der Waals surface area contributed by atoms with Crippen LogP contribution in [0.5, 0.6) is 0 Å². The Balaban J connectivity index is 1.34. The molecule has 178 valence electrons. The van der Waals surface area contributed by atoms with E-state index in [0.29, 0.717) is 23.4 Å². The van der Waals surface area contributed by atoms with Crippen molar-refractivity contribution in [3.63, 3.8) is 0 Å². The fourth-order valence-corrected chi connectivity index (χ4v) is 6.21. The maximum absolute atomic E-state index is 9.17. The number of hydrogen-bond acceptors (Lipinski definition) is 9. The lowest BCUT2D eigenvalue weighted by atomic mass is 9.93. The van der Waals surface area contributed by atoms with Crippen molar-refractivity contribution in [2.24, 2.45) is 17.6 Å². The second kappa shape index (κ2) is 8.59. The second-order valence-electron chi connectivity index (χ2n) is 9.80. The molecule has 3 atom stereocenters. The van der Waals surface area contributed by atoms with Crippen LogP contribution >= 0.6 is 11.3 Å². The molecular formula is C25H27N9S. The number of aromatic nitrogens is 5. The number of pyridine rings is 1. The zero-order valence-corrected chi connectivity index (χ0v) is 20.5. The second-order valence-corrected chi connectivity index (χ2v) is 10.8. The minimum Gasteiger partial charge on any atom is -0.382 e. The van der Waals surface area contributed by atoms with Crippen LogP contribution in [0.25, 0.3) is 27.5 Å². The normalized spacial score (nSPS) is 21.6. The molecule has 3 N–H and O–H groups in total. The Labute approximate surface area is 207 Å². The Kier molecular flexibility index (Phi) is 5.39. The molecule has 9 nitrogen and oxygen atoms in total. The number of fused-ring (bicyclic) bond motifs is 3. The number of piperidine rings is 1. The van der Waals surface area contributed by atoms with Crippen LogP contribution < -0.4 is 16.0 Å². The van der Waals surface area contributed by atoms with Crippen molar-refractivity contribution in [3.05, 3.63) is 42.2 Å². The van der Waals surface area contributed by atoms with Gasteiger partial charge >= 0.3 is 0 Å². The first-order valence-corrected chi connectivity index (χ1v) is 12.8. The molecule has 2 aliphatic rings. The Morgan fingerprint density at radius 1 is 1.14 bits per heavy atom. The number of hydrogen-bond donors (Lipinski definition) is 2. The van der Waals surface area contributed by atoms with Crippen molar-refractivity contribution >= 4 is 27.7 Å². The third kappa shape index (κ3) is 3.90. The smallest absolute Gasteiger partial charge is 0.208 e. The topological polar surface area (TPSA) is 121 Å². The number of nitrogens with one attached hydrogen (secondary N) is 1. The van der Waals surface area contributed by atoms with Crippen LogP contribution in [0.2, 0.25) is 0 Å². The maximum Gasteiger partial charge on any atom is 0.208 e. The van der Waals surface area contributed by atoms with Crippen LogP contribution in [0, 0.1) is 23.2 Å². The number of rotatable bonds is 5. The highest BCUT2D eigenvalue weighted by atomic mass is 32.1. The van der Waals surface area contributed by atoms with E-state index >= 15 is 0 Å². The van der Waals surface area contributed by atoms with Crippen molar-refractivity contribution < 1.29 is 0 Å². The molecule has 5 heterocycles. The fourth-order valence-electron chi connectivity index (χ4n) is 5.32. The Bertz CT molecular complexity index is 1420. The van der Waals surface area contributed by atoms with Crippen molar-refractivity contribution in [2.75, 3.05) is 23.3 Å². The van der Waals surface area contributed by atoms with Gasteiger partial charge in [0.1, 0.15) is 6.07 Å². The molecule has 6 rings (SSSR count). The van der Waals surface area contributed by atoms with E-state index in [9.17, 15) is 0 Å². The van der Waals surface area contributed by atoms with Crippen molar-refractivity contribution in [2.45, 2.75) is 38.8 Å². The van der Waals surface area contributed by atoms with Gasteiger partial charge in [0.15, 0.2) is 5.01 Å². The van der Waals surface area contributed by atoms with Gasteiger partial charge in [0.05, 0.1) is 34.2 Å². The quantitative estimate of drug-likeness (QED) is 0.438. The highest BCUT2D eigenvalue weighted by Gasteiger charge is 2.40. The summed E-state index contributed by atoms with van der Waals surface area (Å²) in [4.78, 5) is 7.13. The van der Waals surface area contributed by atoms with Crippen LogP contribution in [0.4, 0.5) is 10.8 Å². The Morgan fingerprint density at radius 2 is 1.94 bits per heavy atom. The van der Waals surface area contributed by atoms with Gasteiger partial charge in [-0.05, 0) is 62.8 Å². The predicted octanol–water partition coefficient (Wildman–Crippen LogP) is 3.78. The first-order valence-electron chi connectivity index (χ1n) is 12.0. The molecule has 1 saturated carbocycles. The lowest BCUT2D eigenvalue weighted by Gasteiger charge is -2.35. The van der Waals surface area contributed by atoms with Gasteiger partial charge in [-0.3, -0.25) is 4.98 Å². The summed E-state index contributed by atoms with van der Waals surface area (Å²) in [6.45, 7) is 6.14. The number of nitriles is 1. The molecule has 0 amide bonds. The predicted molar refractivity (Wildman–Crippen MR) is 137 cm³/mol. The van der Waals surface area contributed by atoms with E-state index in [1.165, 1.54) is 12.8 Å². The van der Waals surface area contributed by atoms with E-state index in [1.54, 1.807) is 22.0 Å². The molecule has 4 aromatic rings. The fraction of sp³-hybridized carbons (Fsp3) is 0.400. The third-order valence-electron chi connectivity index (χ3n) is 7.06. The lowest BCUT2D eigenvalue weighted by Crippen LogP contribution is -2.48. The van der Waals surface area contributed by atoms with Gasteiger partial charge in [-0.1, -0.05) is 11.3 Å². The molecule has 0 radical (unpaired) electrons. The van der Waals surface area contributed by atoms with Crippen molar-refractivity contribution in [3.8, 4) is 28.0 Å². The first kappa shape index (κ1) is 21.9. The van der Waals surface area contributed by atoms with Gasteiger partial charge in [-0.25, -0.2) is 4.52 Å². The zero-order valence-electron chi connectivity index (χ0n) is 19.7. The van der Waals surface area contributed by atoms with Crippen molar-refractivity contribution in [1.82, 2.24) is 24.8 Å². The third-order valence-corrected chi connectivity index (χ3v) is 8.08. The SMILES string of the molecule is CC(C)Nc1cc(-c2ccc3cc(C#N)cnn23)ncc1-c1nnc(N2C[C@H]3CC[C@@H](C2)[C@@H]3N)s1. The van der Waals surface area contributed by atoms with Gasteiger partial charge in [-0.2, -0.15) is 10.4 Å². The molecule has 1 aliphatic carbocycles. The molecule has 35 heavy (non-hydrogen) atoms. The molecule has 10 heteroatoms. The summed E-state index contributed by atoms with van der Waals surface area (Å²) in [5.74, 6) is 1.10. The summed E-state index contributed by atoms with van der Waals surface area (Å²) >= 11 is 1.61.